The van der Waals surface area contributed by atoms with Gasteiger partial charge >= 0.3 is 0 Å². The van der Waals surface area contributed by atoms with E-state index in [4.69, 9.17) is 0 Å². The summed E-state index contributed by atoms with van der Waals surface area (Å²) in [6.07, 6.45) is 7.89. The Morgan fingerprint density at radius 1 is 1.25 bits per heavy atom. The van der Waals surface area contributed by atoms with Crippen LogP contribution in [0.25, 0.3) is 0 Å². The molecule has 0 aromatic carbocycles. The molecule has 0 bridgehead atoms. The molecule has 0 saturated heterocycles. The number of hydrogen-bond donors (Lipinski definition) is 0. The molecule has 0 amide bonds. The lowest BCUT2D eigenvalue weighted by Crippen LogP contribution is -2.17. The Kier molecular flexibility index (Phi) is 5.27. The highest BCUT2D eigenvalue weighted by Crippen LogP contribution is 2.44. The first kappa shape index (κ1) is 14.5. The molecule has 3 heteroatoms. The summed E-state index contributed by atoms with van der Waals surface area (Å²) in [6.45, 7) is 11.1. The molecule has 0 fully saturated rings. The van der Waals surface area contributed by atoms with Gasteiger partial charge in [0.05, 0.1) is 0 Å². The molecular formula is C13H20Br2Si. The van der Waals surface area contributed by atoms with Crippen LogP contribution in [-0.4, -0.2) is 8.07 Å². The quantitative estimate of drug-likeness (QED) is 0.443. The van der Waals surface area contributed by atoms with Gasteiger partial charge in [-0.05, 0) is 12.5 Å². The number of halogens is 2. The van der Waals surface area contributed by atoms with Gasteiger partial charge in [-0.3, -0.25) is 0 Å². The minimum Gasteiger partial charge on any atom is -0.102 e. The highest BCUT2D eigenvalue weighted by atomic mass is 79.9. The zero-order valence-corrected chi connectivity index (χ0v) is 14.4. The molecular weight excluding hydrogens is 344 g/mol. The molecule has 0 aromatic rings. The molecule has 0 aromatic heterocycles. The normalized spacial score (nSPS) is 26.8. The molecule has 1 rings (SSSR count). The van der Waals surface area contributed by atoms with Crippen LogP contribution in [-0.2, 0) is 0 Å². The van der Waals surface area contributed by atoms with Gasteiger partial charge in [-0.25, -0.2) is 0 Å². The lowest BCUT2D eigenvalue weighted by Gasteiger charge is -2.12. The van der Waals surface area contributed by atoms with Crippen LogP contribution < -0.4 is 0 Å². The van der Waals surface area contributed by atoms with Crippen molar-refractivity contribution in [1.82, 2.24) is 0 Å². The summed E-state index contributed by atoms with van der Waals surface area (Å²) >= 11 is 7.32. The molecule has 90 valence electrons. The van der Waals surface area contributed by atoms with Gasteiger partial charge in [-0.15, -0.1) is 6.58 Å². The Morgan fingerprint density at radius 2 is 1.81 bits per heavy atom. The standard InChI is InChI=1S/C13H20Br2Si/c1-5-10-9-11(13(15)12(10)14)7-6-8-16(2,3)4/h5-7,10-11H,1,8-9H2,2-4H3/b7-6-/t10-,11+/m1/s1. The van der Waals surface area contributed by atoms with E-state index >= 15 is 0 Å². The van der Waals surface area contributed by atoms with Crippen LogP contribution in [0.3, 0.4) is 0 Å². The van der Waals surface area contributed by atoms with E-state index in [1.54, 1.807) is 0 Å². The van der Waals surface area contributed by atoms with Crippen LogP contribution in [0, 0.1) is 11.8 Å². The number of rotatable bonds is 4. The van der Waals surface area contributed by atoms with Crippen LogP contribution in [0.5, 0.6) is 0 Å². The summed E-state index contributed by atoms with van der Waals surface area (Å²) in [7, 11) is -0.944. The first-order chi connectivity index (χ1) is 7.35. The van der Waals surface area contributed by atoms with Crippen molar-refractivity contribution in [2.24, 2.45) is 11.8 Å². The Bertz CT molecular complexity index is 323. The minimum atomic E-state index is -0.944. The van der Waals surface area contributed by atoms with Crippen molar-refractivity contribution in [3.05, 3.63) is 33.8 Å². The zero-order valence-electron chi connectivity index (χ0n) is 10.3. The van der Waals surface area contributed by atoms with Gasteiger partial charge < -0.3 is 0 Å². The SMILES string of the molecule is C=C[C@@H]1C[C@H](/C=C\C[Si](C)(C)C)C(Br)=C1Br. The summed E-state index contributed by atoms with van der Waals surface area (Å²) in [5.41, 5.74) is 0. The van der Waals surface area contributed by atoms with E-state index in [9.17, 15) is 0 Å². The maximum absolute atomic E-state index is 3.88. The lowest BCUT2D eigenvalue weighted by molar-refractivity contribution is 0.672. The Labute approximate surface area is 117 Å². The molecule has 1 aliphatic carbocycles. The Hall–Kier alpha value is 0.397. The van der Waals surface area contributed by atoms with E-state index in [1.807, 2.05) is 6.08 Å². The third-order valence-corrected chi connectivity index (χ3v) is 6.79. The summed E-state index contributed by atoms with van der Waals surface area (Å²) in [5.74, 6) is 1.02. The van der Waals surface area contributed by atoms with Gasteiger partial charge in [0.2, 0.25) is 0 Å². The summed E-state index contributed by atoms with van der Waals surface area (Å²) in [5, 5.41) is 0. The van der Waals surface area contributed by atoms with E-state index in [2.05, 4.69) is 70.2 Å². The van der Waals surface area contributed by atoms with Crippen LogP contribution in [0.15, 0.2) is 33.8 Å². The molecule has 0 spiro atoms. The van der Waals surface area contributed by atoms with Crippen molar-refractivity contribution in [2.45, 2.75) is 32.1 Å². The van der Waals surface area contributed by atoms with E-state index < -0.39 is 8.07 Å². The highest BCUT2D eigenvalue weighted by molar-refractivity contribution is 9.14. The first-order valence-corrected chi connectivity index (χ1v) is 11.0. The fraction of sp³-hybridized carbons (Fsp3) is 0.538. The smallest absolute Gasteiger partial charge is 0.0480 e. The Balaban J connectivity index is 2.62. The predicted octanol–water partition coefficient (Wildman–Crippen LogP) is 5.70. The minimum absolute atomic E-state index is 0.482. The lowest BCUT2D eigenvalue weighted by atomic mass is 10.0. The zero-order chi connectivity index (χ0) is 12.3. The van der Waals surface area contributed by atoms with Gasteiger partial charge in [0.15, 0.2) is 0 Å². The molecule has 0 radical (unpaired) electrons. The van der Waals surface area contributed by atoms with Crippen molar-refractivity contribution < 1.29 is 0 Å². The van der Waals surface area contributed by atoms with Crippen LogP contribution >= 0.6 is 31.9 Å². The molecule has 16 heavy (non-hydrogen) atoms. The molecule has 0 aliphatic heterocycles. The third kappa shape index (κ3) is 4.01. The second kappa shape index (κ2) is 5.83. The van der Waals surface area contributed by atoms with Crippen LogP contribution in [0.4, 0.5) is 0 Å². The van der Waals surface area contributed by atoms with E-state index in [-0.39, 0.29) is 0 Å². The average molecular weight is 364 g/mol. The number of hydrogen-bond acceptors (Lipinski definition) is 0. The van der Waals surface area contributed by atoms with Gasteiger partial charge in [0.1, 0.15) is 0 Å². The summed E-state index contributed by atoms with van der Waals surface area (Å²) in [6, 6.07) is 1.26. The van der Waals surface area contributed by atoms with Crippen molar-refractivity contribution in [2.75, 3.05) is 0 Å². The van der Waals surface area contributed by atoms with Crippen molar-refractivity contribution in [3.8, 4) is 0 Å². The number of allylic oxidation sites excluding steroid dienone is 5. The fourth-order valence-electron chi connectivity index (χ4n) is 1.78. The molecule has 0 heterocycles. The second-order valence-electron chi connectivity index (χ2n) is 5.57. The molecule has 0 N–H and O–H groups in total. The fourth-order valence-corrected chi connectivity index (χ4v) is 3.93. The van der Waals surface area contributed by atoms with Crippen LogP contribution in [0.2, 0.25) is 25.7 Å². The highest BCUT2D eigenvalue weighted by Gasteiger charge is 2.27. The van der Waals surface area contributed by atoms with E-state index in [1.165, 1.54) is 15.0 Å². The van der Waals surface area contributed by atoms with E-state index in [0.29, 0.717) is 11.8 Å². The molecule has 0 unspecified atom stereocenters. The monoisotopic (exact) mass is 362 g/mol. The molecule has 2 atom stereocenters. The van der Waals surface area contributed by atoms with Crippen molar-refractivity contribution in [3.63, 3.8) is 0 Å². The summed E-state index contributed by atoms with van der Waals surface area (Å²) < 4.78 is 2.56. The van der Waals surface area contributed by atoms with Crippen LogP contribution in [0.1, 0.15) is 6.42 Å². The second-order valence-corrected chi connectivity index (χ2v) is 12.8. The molecule has 0 nitrogen and oxygen atoms in total. The topological polar surface area (TPSA) is 0 Å². The van der Waals surface area contributed by atoms with Gasteiger partial charge in [0.25, 0.3) is 0 Å². The van der Waals surface area contributed by atoms with Gasteiger partial charge in [0, 0.05) is 28.9 Å². The predicted molar refractivity (Wildman–Crippen MR) is 84.0 cm³/mol. The molecule has 0 saturated carbocycles. The maximum atomic E-state index is 3.88. The third-order valence-electron chi connectivity index (χ3n) is 2.77. The van der Waals surface area contributed by atoms with Crippen molar-refractivity contribution in [1.29, 1.82) is 0 Å². The Morgan fingerprint density at radius 3 is 2.25 bits per heavy atom. The molecule has 1 aliphatic rings. The van der Waals surface area contributed by atoms with Crippen molar-refractivity contribution >= 4 is 39.9 Å². The first-order valence-electron chi connectivity index (χ1n) is 5.69. The van der Waals surface area contributed by atoms with Gasteiger partial charge in [-0.1, -0.05) is 69.7 Å². The average Bonchev–Trinajstić information content (AvgIpc) is 2.44. The summed E-state index contributed by atoms with van der Waals surface area (Å²) in [4.78, 5) is 0. The van der Waals surface area contributed by atoms with E-state index in [0.717, 1.165) is 6.42 Å². The maximum Gasteiger partial charge on any atom is 0.0480 e. The van der Waals surface area contributed by atoms with Gasteiger partial charge in [-0.2, -0.15) is 0 Å². The largest absolute Gasteiger partial charge is 0.102 e.